The molecule has 3 N–H and O–H groups in total. The Kier molecular flexibility index (Phi) is 5.10. The molecule has 112 valence electrons. The first-order valence-electron chi connectivity index (χ1n) is 7.53. The highest BCUT2D eigenvalue weighted by atomic mass is 15.2. The largest absolute Gasteiger partial charge is 0.271 e. The molecule has 3 nitrogen and oxygen atoms in total. The molecule has 21 heavy (non-hydrogen) atoms. The van der Waals surface area contributed by atoms with Gasteiger partial charge in [0.15, 0.2) is 0 Å². The predicted octanol–water partition coefficient (Wildman–Crippen LogP) is 3.32. The van der Waals surface area contributed by atoms with Crippen LogP contribution in [0.1, 0.15) is 46.5 Å². The Labute approximate surface area is 127 Å². The van der Waals surface area contributed by atoms with Crippen LogP contribution in [0.25, 0.3) is 0 Å². The van der Waals surface area contributed by atoms with Crippen LogP contribution in [0.15, 0.2) is 30.5 Å². The minimum absolute atomic E-state index is 0.0428. The number of aromatic nitrogens is 1. The van der Waals surface area contributed by atoms with E-state index < -0.39 is 0 Å². The second-order valence-corrected chi connectivity index (χ2v) is 5.70. The summed E-state index contributed by atoms with van der Waals surface area (Å²) in [7, 11) is 0. The third-order valence-corrected chi connectivity index (χ3v) is 4.09. The van der Waals surface area contributed by atoms with Gasteiger partial charge in [0.1, 0.15) is 0 Å². The lowest BCUT2D eigenvalue weighted by molar-refractivity contribution is 0.531. The molecule has 0 fully saturated rings. The van der Waals surface area contributed by atoms with Gasteiger partial charge in [-0.3, -0.25) is 16.3 Å². The van der Waals surface area contributed by atoms with Gasteiger partial charge in [-0.1, -0.05) is 30.7 Å². The lowest BCUT2D eigenvalue weighted by Gasteiger charge is -2.21. The number of aryl methyl sites for hydroxylation is 4. The van der Waals surface area contributed by atoms with Crippen molar-refractivity contribution in [2.75, 3.05) is 0 Å². The molecule has 1 atom stereocenters. The maximum absolute atomic E-state index is 5.82. The lowest BCUT2D eigenvalue weighted by Crippen LogP contribution is -2.31. The first kappa shape index (κ1) is 15.7. The number of nitrogens with two attached hydrogens (primary N) is 1. The summed E-state index contributed by atoms with van der Waals surface area (Å²) in [6.45, 7) is 8.62. The van der Waals surface area contributed by atoms with Crippen molar-refractivity contribution in [3.63, 3.8) is 0 Å². The van der Waals surface area contributed by atoms with Crippen LogP contribution in [-0.4, -0.2) is 4.98 Å². The first-order valence-corrected chi connectivity index (χ1v) is 7.53. The van der Waals surface area contributed by atoms with Crippen LogP contribution in [0.2, 0.25) is 0 Å². The Hall–Kier alpha value is -1.71. The topological polar surface area (TPSA) is 50.9 Å². The van der Waals surface area contributed by atoms with Crippen molar-refractivity contribution in [1.29, 1.82) is 0 Å². The van der Waals surface area contributed by atoms with E-state index in [1.54, 1.807) is 0 Å². The summed E-state index contributed by atoms with van der Waals surface area (Å²) in [5.41, 5.74) is 10.6. The minimum atomic E-state index is 0.0428. The van der Waals surface area contributed by atoms with E-state index in [9.17, 15) is 0 Å². The number of benzene rings is 1. The quantitative estimate of drug-likeness (QED) is 0.654. The van der Waals surface area contributed by atoms with E-state index in [1.165, 1.54) is 27.8 Å². The molecule has 2 rings (SSSR count). The number of hydrogen-bond acceptors (Lipinski definition) is 3. The van der Waals surface area contributed by atoms with E-state index in [0.717, 1.165) is 18.5 Å². The van der Waals surface area contributed by atoms with E-state index in [2.05, 4.69) is 56.3 Å². The third kappa shape index (κ3) is 3.49. The maximum atomic E-state index is 5.82. The van der Waals surface area contributed by atoms with Crippen LogP contribution in [0.4, 0.5) is 0 Å². The third-order valence-electron chi connectivity index (χ3n) is 4.09. The number of nitrogens with one attached hydrogen (secondary N) is 1. The van der Waals surface area contributed by atoms with Gasteiger partial charge in [0, 0.05) is 6.20 Å². The molecule has 0 amide bonds. The Bertz CT molecular complexity index is 597. The van der Waals surface area contributed by atoms with Crippen molar-refractivity contribution in [3.05, 3.63) is 64.0 Å². The minimum Gasteiger partial charge on any atom is -0.271 e. The van der Waals surface area contributed by atoms with Crippen molar-refractivity contribution >= 4 is 0 Å². The van der Waals surface area contributed by atoms with Gasteiger partial charge in [-0.25, -0.2) is 0 Å². The van der Waals surface area contributed by atoms with E-state index in [4.69, 9.17) is 5.84 Å². The summed E-state index contributed by atoms with van der Waals surface area (Å²) in [5.74, 6) is 5.82. The highest BCUT2D eigenvalue weighted by molar-refractivity contribution is 5.39. The molecule has 1 heterocycles. The van der Waals surface area contributed by atoms with Gasteiger partial charge >= 0.3 is 0 Å². The molecular weight excluding hydrogens is 258 g/mol. The van der Waals surface area contributed by atoms with E-state index in [0.29, 0.717) is 0 Å². The van der Waals surface area contributed by atoms with Crippen molar-refractivity contribution in [1.82, 2.24) is 10.4 Å². The average molecular weight is 283 g/mol. The summed E-state index contributed by atoms with van der Waals surface area (Å²) in [4.78, 5) is 4.55. The van der Waals surface area contributed by atoms with Gasteiger partial charge in [-0.15, -0.1) is 0 Å². The zero-order valence-electron chi connectivity index (χ0n) is 13.4. The van der Waals surface area contributed by atoms with Gasteiger partial charge in [0.25, 0.3) is 0 Å². The first-order chi connectivity index (χ1) is 10.1. The van der Waals surface area contributed by atoms with Gasteiger partial charge in [0.2, 0.25) is 0 Å². The molecule has 0 aliphatic carbocycles. The molecule has 0 spiro atoms. The molecule has 0 aliphatic heterocycles. The standard InChI is InChI=1S/C18H25N3/c1-5-15-7-6-8-20-18(15)17(21-19)11-16-13(3)9-12(2)10-14(16)4/h6-10,17,21H,5,11,19H2,1-4H3. The maximum Gasteiger partial charge on any atom is 0.0675 e. The number of nitrogens with zero attached hydrogens (tertiary/aromatic N) is 1. The van der Waals surface area contributed by atoms with Gasteiger partial charge < -0.3 is 0 Å². The van der Waals surface area contributed by atoms with Crippen LogP contribution in [0, 0.1) is 20.8 Å². The molecule has 0 aliphatic rings. The monoisotopic (exact) mass is 283 g/mol. The molecule has 1 aromatic heterocycles. The van der Waals surface area contributed by atoms with Gasteiger partial charge in [-0.2, -0.15) is 0 Å². The smallest absolute Gasteiger partial charge is 0.0675 e. The van der Waals surface area contributed by atoms with Gasteiger partial charge in [0.05, 0.1) is 11.7 Å². The Morgan fingerprint density at radius 1 is 1.19 bits per heavy atom. The van der Waals surface area contributed by atoms with Crippen molar-refractivity contribution in [2.45, 2.75) is 46.6 Å². The van der Waals surface area contributed by atoms with Crippen molar-refractivity contribution < 1.29 is 0 Å². The average Bonchev–Trinajstić information content (AvgIpc) is 2.46. The Morgan fingerprint density at radius 2 is 1.86 bits per heavy atom. The van der Waals surface area contributed by atoms with Crippen molar-refractivity contribution in [3.8, 4) is 0 Å². The predicted molar refractivity (Wildman–Crippen MR) is 88.0 cm³/mol. The zero-order chi connectivity index (χ0) is 15.4. The van der Waals surface area contributed by atoms with Crippen molar-refractivity contribution in [2.24, 2.45) is 5.84 Å². The number of hydrazine groups is 1. The normalized spacial score (nSPS) is 12.4. The van der Waals surface area contributed by atoms with Crippen LogP contribution in [-0.2, 0) is 12.8 Å². The fourth-order valence-electron chi connectivity index (χ4n) is 3.03. The number of pyridine rings is 1. The highest BCUT2D eigenvalue weighted by Gasteiger charge is 2.17. The Morgan fingerprint density at radius 3 is 2.43 bits per heavy atom. The SMILES string of the molecule is CCc1cccnc1C(Cc1c(C)cc(C)cc1C)NN. The lowest BCUT2D eigenvalue weighted by atomic mass is 9.92. The molecule has 0 saturated carbocycles. The highest BCUT2D eigenvalue weighted by Crippen LogP contribution is 2.24. The van der Waals surface area contributed by atoms with Crippen LogP contribution >= 0.6 is 0 Å². The molecule has 2 aromatic rings. The van der Waals surface area contributed by atoms with E-state index in [-0.39, 0.29) is 6.04 Å². The zero-order valence-corrected chi connectivity index (χ0v) is 13.4. The summed E-state index contributed by atoms with van der Waals surface area (Å²) in [5, 5.41) is 0. The van der Waals surface area contributed by atoms with E-state index >= 15 is 0 Å². The molecule has 0 saturated heterocycles. The number of rotatable bonds is 5. The summed E-state index contributed by atoms with van der Waals surface area (Å²) in [6.07, 6.45) is 3.67. The van der Waals surface area contributed by atoms with Crippen LogP contribution < -0.4 is 11.3 Å². The van der Waals surface area contributed by atoms with Gasteiger partial charge in [-0.05, 0) is 61.9 Å². The second kappa shape index (κ2) is 6.83. The van der Waals surface area contributed by atoms with E-state index in [1.807, 2.05) is 12.3 Å². The summed E-state index contributed by atoms with van der Waals surface area (Å²) >= 11 is 0. The summed E-state index contributed by atoms with van der Waals surface area (Å²) in [6, 6.07) is 8.62. The van der Waals surface area contributed by atoms with Crippen LogP contribution in [0.3, 0.4) is 0 Å². The van der Waals surface area contributed by atoms with Crippen LogP contribution in [0.5, 0.6) is 0 Å². The molecule has 0 radical (unpaired) electrons. The molecule has 1 aromatic carbocycles. The molecule has 0 bridgehead atoms. The molecule has 3 heteroatoms. The number of hydrogen-bond donors (Lipinski definition) is 2. The summed E-state index contributed by atoms with van der Waals surface area (Å²) < 4.78 is 0. The molecular formula is C18H25N3. The second-order valence-electron chi connectivity index (χ2n) is 5.70. The fourth-order valence-corrected chi connectivity index (χ4v) is 3.03. The Balaban J connectivity index is 2.36. The fraction of sp³-hybridized carbons (Fsp3) is 0.389. The molecule has 1 unspecified atom stereocenters.